The van der Waals surface area contributed by atoms with E-state index in [9.17, 15) is 0 Å². The molecule has 1 aliphatic rings. The lowest BCUT2D eigenvalue weighted by atomic mass is 10.2. The maximum Gasteiger partial charge on any atom is 0.0714 e. The maximum atomic E-state index is 5.59. The fourth-order valence-corrected chi connectivity index (χ4v) is 1.70. The van der Waals surface area contributed by atoms with Crippen molar-refractivity contribution < 1.29 is 9.47 Å². The average molecular weight is 187 g/mol. The van der Waals surface area contributed by atoms with Crippen LogP contribution in [0.5, 0.6) is 0 Å². The first kappa shape index (κ1) is 11.0. The number of nitrogens with zero attached hydrogens (tertiary/aromatic N) is 1. The van der Waals surface area contributed by atoms with Crippen molar-refractivity contribution in [2.45, 2.75) is 38.5 Å². The Bertz CT molecular complexity index is 150. The molecule has 3 heteroatoms. The van der Waals surface area contributed by atoms with Crippen LogP contribution in [0.15, 0.2) is 0 Å². The van der Waals surface area contributed by atoms with Gasteiger partial charge < -0.3 is 9.47 Å². The second kappa shape index (κ2) is 4.94. The summed E-state index contributed by atoms with van der Waals surface area (Å²) in [5.41, 5.74) is 0. The summed E-state index contributed by atoms with van der Waals surface area (Å²) in [5, 5.41) is 0. The third kappa shape index (κ3) is 3.25. The van der Waals surface area contributed by atoms with E-state index in [0.29, 0.717) is 18.2 Å². The molecular formula is C10H21NO2. The summed E-state index contributed by atoms with van der Waals surface area (Å²) < 4.78 is 10.9. The summed E-state index contributed by atoms with van der Waals surface area (Å²) >= 11 is 0. The number of hydrogen-bond acceptors (Lipinski definition) is 3. The van der Waals surface area contributed by atoms with Gasteiger partial charge in [0.2, 0.25) is 0 Å². The molecule has 1 saturated heterocycles. The van der Waals surface area contributed by atoms with Gasteiger partial charge in [0.15, 0.2) is 0 Å². The molecule has 1 heterocycles. The van der Waals surface area contributed by atoms with Gasteiger partial charge in [-0.1, -0.05) is 0 Å². The zero-order chi connectivity index (χ0) is 9.84. The van der Waals surface area contributed by atoms with E-state index in [2.05, 4.69) is 25.8 Å². The van der Waals surface area contributed by atoms with Crippen LogP contribution in [-0.4, -0.2) is 50.5 Å². The van der Waals surface area contributed by atoms with Crippen LogP contribution in [0.25, 0.3) is 0 Å². The molecule has 13 heavy (non-hydrogen) atoms. The zero-order valence-electron chi connectivity index (χ0n) is 9.12. The van der Waals surface area contributed by atoms with Crippen molar-refractivity contribution in [1.82, 2.24) is 4.90 Å². The van der Waals surface area contributed by atoms with Crippen LogP contribution in [0.4, 0.5) is 0 Å². The molecule has 1 aliphatic heterocycles. The first-order chi connectivity index (χ1) is 6.13. The molecule has 0 amide bonds. The lowest BCUT2D eigenvalue weighted by molar-refractivity contribution is 0.0425. The molecule has 1 rings (SSSR count). The number of rotatable bonds is 4. The molecule has 78 valence electrons. The van der Waals surface area contributed by atoms with E-state index < -0.39 is 0 Å². The van der Waals surface area contributed by atoms with Crippen LogP contribution >= 0.6 is 0 Å². The first-order valence-electron chi connectivity index (χ1n) is 4.98. The van der Waals surface area contributed by atoms with Gasteiger partial charge in [-0.25, -0.2) is 0 Å². The van der Waals surface area contributed by atoms with E-state index in [1.165, 1.54) is 0 Å². The molecule has 0 N–H and O–H groups in total. The highest BCUT2D eigenvalue weighted by Gasteiger charge is 2.29. The number of hydrogen-bond donors (Lipinski definition) is 0. The van der Waals surface area contributed by atoms with Crippen molar-refractivity contribution >= 4 is 0 Å². The van der Waals surface area contributed by atoms with Crippen molar-refractivity contribution in [2.75, 3.05) is 27.3 Å². The molecule has 0 saturated carbocycles. The summed E-state index contributed by atoms with van der Waals surface area (Å²) in [7, 11) is 3.91. The second-order valence-electron chi connectivity index (χ2n) is 4.07. The zero-order valence-corrected chi connectivity index (χ0v) is 9.12. The highest BCUT2D eigenvalue weighted by atomic mass is 16.5. The van der Waals surface area contributed by atoms with E-state index in [1.807, 2.05) is 0 Å². The third-order valence-corrected chi connectivity index (χ3v) is 2.61. The lowest BCUT2D eigenvalue weighted by Crippen LogP contribution is -2.30. The Hall–Kier alpha value is -0.120. The smallest absolute Gasteiger partial charge is 0.0714 e. The molecule has 0 bridgehead atoms. The monoisotopic (exact) mass is 187 g/mol. The molecule has 0 aromatic carbocycles. The summed E-state index contributed by atoms with van der Waals surface area (Å²) in [6.45, 7) is 6.00. The van der Waals surface area contributed by atoms with Crippen molar-refractivity contribution in [3.63, 3.8) is 0 Å². The molecule has 0 aromatic heterocycles. The minimum atomic E-state index is 0.329. The highest BCUT2D eigenvalue weighted by molar-refractivity contribution is 4.83. The van der Waals surface area contributed by atoms with Gasteiger partial charge in [-0.2, -0.15) is 0 Å². The average Bonchev–Trinajstić information content (AvgIpc) is 2.43. The summed E-state index contributed by atoms with van der Waals surface area (Å²) in [6.07, 6.45) is 1.82. The topological polar surface area (TPSA) is 21.7 Å². The quantitative estimate of drug-likeness (QED) is 0.658. The van der Waals surface area contributed by atoms with Crippen LogP contribution in [-0.2, 0) is 9.47 Å². The largest absolute Gasteiger partial charge is 0.380 e. The second-order valence-corrected chi connectivity index (χ2v) is 4.07. The predicted molar refractivity (Wildman–Crippen MR) is 52.9 cm³/mol. The number of methoxy groups -OCH3 is 1. The Morgan fingerprint density at radius 3 is 2.62 bits per heavy atom. The normalized spacial score (nSPS) is 30.2. The Labute approximate surface area is 81.0 Å². The predicted octanol–water partition coefficient (Wildman–Crippen LogP) is 1.13. The summed E-state index contributed by atoms with van der Waals surface area (Å²) in [5.74, 6) is 0. The SMILES string of the molecule is COC1CC(COC(C)C)N(C)C1. The minimum Gasteiger partial charge on any atom is -0.380 e. The van der Waals surface area contributed by atoms with Crippen molar-refractivity contribution in [3.8, 4) is 0 Å². The minimum absolute atomic E-state index is 0.329. The van der Waals surface area contributed by atoms with Crippen LogP contribution in [0.1, 0.15) is 20.3 Å². The summed E-state index contributed by atoms with van der Waals surface area (Å²) in [6, 6.07) is 0.535. The first-order valence-corrected chi connectivity index (χ1v) is 4.98. The van der Waals surface area contributed by atoms with Gasteiger partial charge in [-0.3, -0.25) is 4.90 Å². The van der Waals surface area contributed by atoms with Crippen LogP contribution < -0.4 is 0 Å². The van der Waals surface area contributed by atoms with Crippen LogP contribution in [0.3, 0.4) is 0 Å². The lowest BCUT2D eigenvalue weighted by Gasteiger charge is -2.19. The molecule has 2 unspecified atom stereocenters. The number of ether oxygens (including phenoxy) is 2. The van der Waals surface area contributed by atoms with Gasteiger partial charge in [0.25, 0.3) is 0 Å². The fraction of sp³-hybridized carbons (Fsp3) is 1.00. The standard InChI is InChI=1S/C10H21NO2/c1-8(2)13-7-9-5-10(12-4)6-11(9)3/h8-10H,5-7H2,1-4H3. The summed E-state index contributed by atoms with van der Waals surface area (Å²) in [4.78, 5) is 2.32. The molecule has 1 fully saturated rings. The van der Waals surface area contributed by atoms with Crippen LogP contribution in [0, 0.1) is 0 Å². The molecule has 3 nitrogen and oxygen atoms in total. The van der Waals surface area contributed by atoms with E-state index in [1.54, 1.807) is 7.11 Å². The third-order valence-electron chi connectivity index (χ3n) is 2.61. The van der Waals surface area contributed by atoms with Gasteiger partial charge in [-0.05, 0) is 27.3 Å². The van der Waals surface area contributed by atoms with Gasteiger partial charge in [0.1, 0.15) is 0 Å². The Morgan fingerprint density at radius 2 is 2.15 bits per heavy atom. The molecule has 0 spiro atoms. The van der Waals surface area contributed by atoms with E-state index in [0.717, 1.165) is 19.6 Å². The fourth-order valence-electron chi connectivity index (χ4n) is 1.70. The van der Waals surface area contributed by atoms with Gasteiger partial charge in [0.05, 0.1) is 18.8 Å². The van der Waals surface area contributed by atoms with Crippen molar-refractivity contribution in [3.05, 3.63) is 0 Å². The van der Waals surface area contributed by atoms with Crippen molar-refractivity contribution in [2.24, 2.45) is 0 Å². The number of likely N-dealkylation sites (N-methyl/N-ethyl adjacent to an activating group) is 1. The molecule has 0 radical (unpaired) electrons. The molecule has 0 aliphatic carbocycles. The Balaban J connectivity index is 2.26. The maximum absolute atomic E-state index is 5.59. The van der Waals surface area contributed by atoms with Gasteiger partial charge in [0, 0.05) is 19.7 Å². The van der Waals surface area contributed by atoms with E-state index in [-0.39, 0.29) is 0 Å². The molecule has 2 atom stereocenters. The Kier molecular flexibility index (Phi) is 4.16. The van der Waals surface area contributed by atoms with Gasteiger partial charge in [-0.15, -0.1) is 0 Å². The molecular weight excluding hydrogens is 166 g/mol. The van der Waals surface area contributed by atoms with Crippen LogP contribution in [0.2, 0.25) is 0 Å². The van der Waals surface area contributed by atoms with Crippen molar-refractivity contribution in [1.29, 1.82) is 0 Å². The van der Waals surface area contributed by atoms with E-state index in [4.69, 9.17) is 9.47 Å². The molecule has 0 aromatic rings. The van der Waals surface area contributed by atoms with E-state index >= 15 is 0 Å². The van der Waals surface area contributed by atoms with Gasteiger partial charge >= 0.3 is 0 Å². The highest BCUT2D eigenvalue weighted by Crippen LogP contribution is 2.18. The Morgan fingerprint density at radius 1 is 1.46 bits per heavy atom. The number of likely N-dealkylation sites (tertiary alicyclic amines) is 1.